The summed E-state index contributed by atoms with van der Waals surface area (Å²) in [6.07, 6.45) is 8.58. The second-order valence-electron chi connectivity index (χ2n) is 10.6. The van der Waals surface area contributed by atoms with Gasteiger partial charge in [-0.15, -0.1) is 0 Å². The number of ketones is 1. The fourth-order valence-corrected chi connectivity index (χ4v) is 5.97. The summed E-state index contributed by atoms with van der Waals surface area (Å²) < 4.78 is 10.2. The Kier molecular flexibility index (Phi) is 4.41. The molecule has 0 radical (unpaired) electrons. The van der Waals surface area contributed by atoms with Gasteiger partial charge >= 0.3 is 0 Å². The van der Waals surface area contributed by atoms with Crippen molar-refractivity contribution in [1.82, 2.24) is 14.5 Å². The molecule has 5 heterocycles. The van der Waals surface area contributed by atoms with Crippen molar-refractivity contribution < 1.29 is 9.53 Å². The lowest BCUT2D eigenvalue weighted by Gasteiger charge is -2.45. The van der Waals surface area contributed by atoms with E-state index in [0.717, 1.165) is 53.0 Å². The number of hydrogen-bond donors (Lipinski definition) is 0. The Morgan fingerprint density at radius 3 is 2.74 bits per heavy atom. The van der Waals surface area contributed by atoms with E-state index in [9.17, 15) is 9.59 Å². The van der Waals surface area contributed by atoms with E-state index >= 15 is 0 Å². The summed E-state index contributed by atoms with van der Waals surface area (Å²) in [5.74, 6) is 0.688. The van der Waals surface area contributed by atoms with Crippen molar-refractivity contribution in [3.63, 3.8) is 0 Å². The van der Waals surface area contributed by atoms with Gasteiger partial charge in [-0.25, -0.2) is 0 Å². The highest BCUT2D eigenvalue weighted by Crippen LogP contribution is 2.53. The molecule has 7 heteroatoms. The van der Waals surface area contributed by atoms with Crippen LogP contribution in [0.15, 0.2) is 35.5 Å². The van der Waals surface area contributed by atoms with Crippen molar-refractivity contribution in [2.24, 2.45) is 0 Å². The van der Waals surface area contributed by atoms with Crippen LogP contribution in [0.2, 0.25) is 0 Å². The van der Waals surface area contributed by atoms with Gasteiger partial charge < -0.3 is 4.74 Å². The average molecular weight is 459 g/mol. The number of hydrogen-bond acceptors (Lipinski definition) is 5. The Balaban J connectivity index is 1.66. The summed E-state index contributed by atoms with van der Waals surface area (Å²) in [6.45, 7) is 10.8. The number of ether oxygens (including phenoxy) is 1. The number of carbonyl (C=O) groups is 1. The maximum atomic E-state index is 13.0. The number of rotatable bonds is 3. The quantitative estimate of drug-likeness (QED) is 0.534. The zero-order chi connectivity index (χ0) is 23.9. The molecule has 0 bridgehead atoms. The highest BCUT2D eigenvalue weighted by molar-refractivity contribution is 5.94. The smallest absolute Gasteiger partial charge is 0.193 e. The Hall–Kier alpha value is -3.35. The molecule has 1 fully saturated rings. The molecule has 0 spiro atoms. The maximum Gasteiger partial charge on any atom is 0.193 e. The van der Waals surface area contributed by atoms with Crippen LogP contribution in [0.1, 0.15) is 81.0 Å². The normalized spacial score (nSPS) is 19.5. The molecule has 6 rings (SSSR count). The first-order chi connectivity index (χ1) is 16.2. The number of Topliss-reactive ketones (excluding diaryl/α,β-unsaturated/α-hetero) is 1. The molecule has 0 N–H and O–H groups in total. The molecule has 3 aliphatic rings. The summed E-state index contributed by atoms with van der Waals surface area (Å²) in [7, 11) is 0. The summed E-state index contributed by atoms with van der Waals surface area (Å²) in [5.41, 5.74) is 6.34. The van der Waals surface area contributed by atoms with Crippen LogP contribution in [0.3, 0.4) is 0 Å². The van der Waals surface area contributed by atoms with E-state index in [1.165, 1.54) is 12.5 Å². The summed E-state index contributed by atoms with van der Waals surface area (Å²) in [4.78, 5) is 25.2. The van der Waals surface area contributed by atoms with Crippen molar-refractivity contribution >= 4 is 5.78 Å². The second kappa shape index (κ2) is 7.08. The highest BCUT2D eigenvalue weighted by atomic mass is 16.5. The van der Waals surface area contributed by atoms with Crippen LogP contribution >= 0.6 is 0 Å². The topological polar surface area (TPSA) is 69.4 Å². The van der Waals surface area contributed by atoms with E-state index in [1.807, 2.05) is 10.9 Å². The van der Waals surface area contributed by atoms with Crippen molar-refractivity contribution in [1.29, 1.82) is 0 Å². The molecule has 3 aromatic rings. The van der Waals surface area contributed by atoms with Crippen molar-refractivity contribution in [3.05, 3.63) is 57.6 Å². The Labute approximate surface area is 198 Å². The molecule has 1 aromatic carbocycles. The third-order valence-corrected chi connectivity index (χ3v) is 7.65. The van der Waals surface area contributed by atoms with E-state index in [-0.39, 0.29) is 34.4 Å². The molecule has 2 aromatic heterocycles. The monoisotopic (exact) mass is 458 g/mol. The summed E-state index contributed by atoms with van der Waals surface area (Å²) in [5, 5.41) is 6.93. The number of aromatic nitrogens is 3. The lowest BCUT2D eigenvalue weighted by molar-refractivity contribution is 0.101. The molecule has 1 atom stereocenters. The van der Waals surface area contributed by atoms with E-state index in [4.69, 9.17) is 4.74 Å². The molecule has 34 heavy (non-hydrogen) atoms. The van der Waals surface area contributed by atoms with Gasteiger partial charge in [-0.1, -0.05) is 0 Å². The molecule has 176 valence electrons. The Morgan fingerprint density at radius 1 is 1.24 bits per heavy atom. The molecular weight excluding hydrogens is 428 g/mol. The minimum absolute atomic E-state index is 0.113. The van der Waals surface area contributed by atoms with E-state index in [1.54, 1.807) is 12.3 Å². The van der Waals surface area contributed by atoms with Gasteiger partial charge in [0.1, 0.15) is 5.75 Å². The molecule has 0 saturated carbocycles. The second-order valence-corrected chi connectivity index (χ2v) is 10.6. The van der Waals surface area contributed by atoms with Crippen LogP contribution in [0.25, 0.3) is 22.4 Å². The van der Waals surface area contributed by atoms with Crippen LogP contribution in [-0.4, -0.2) is 32.4 Å². The van der Waals surface area contributed by atoms with Crippen LogP contribution in [0.5, 0.6) is 5.75 Å². The molecule has 1 unspecified atom stereocenters. The van der Waals surface area contributed by atoms with Gasteiger partial charge in [0.05, 0.1) is 35.6 Å². The van der Waals surface area contributed by atoms with Crippen LogP contribution in [0.4, 0.5) is 0 Å². The molecular formula is C27H30N4O3. The Morgan fingerprint density at radius 2 is 2.03 bits per heavy atom. The van der Waals surface area contributed by atoms with Gasteiger partial charge in [-0.3, -0.25) is 24.0 Å². The number of benzene rings is 1. The van der Waals surface area contributed by atoms with Gasteiger partial charge in [-0.2, -0.15) is 5.10 Å². The zero-order valence-corrected chi connectivity index (χ0v) is 20.4. The first-order valence-corrected chi connectivity index (χ1v) is 12.1. The third-order valence-electron chi connectivity index (χ3n) is 7.65. The third kappa shape index (κ3) is 2.85. The number of pyridine rings is 1. The van der Waals surface area contributed by atoms with Crippen molar-refractivity contribution in [2.45, 2.75) is 71.5 Å². The molecule has 1 saturated heterocycles. The van der Waals surface area contributed by atoms with Crippen LogP contribution < -0.4 is 15.2 Å². The summed E-state index contributed by atoms with van der Waals surface area (Å²) >= 11 is 0. The predicted molar refractivity (Wildman–Crippen MR) is 131 cm³/mol. The van der Waals surface area contributed by atoms with Crippen LogP contribution in [0, 0.1) is 0 Å². The van der Waals surface area contributed by atoms with Gasteiger partial charge in [0.15, 0.2) is 11.2 Å². The fraction of sp³-hybridized carbons (Fsp3) is 0.444. The van der Waals surface area contributed by atoms with Gasteiger partial charge in [0, 0.05) is 53.2 Å². The predicted octanol–water partition coefficient (Wildman–Crippen LogP) is 4.66. The largest absolute Gasteiger partial charge is 0.492 e. The van der Waals surface area contributed by atoms with E-state index in [2.05, 4.69) is 54.7 Å². The minimum atomic E-state index is -0.227. The van der Waals surface area contributed by atoms with E-state index < -0.39 is 0 Å². The molecule has 0 aliphatic carbocycles. The zero-order valence-electron chi connectivity index (χ0n) is 20.4. The van der Waals surface area contributed by atoms with E-state index in [0.29, 0.717) is 6.61 Å². The van der Waals surface area contributed by atoms with Gasteiger partial charge in [0.25, 0.3) is 0 Å². The van der Waals surface area contributed by atoms with Gasteiger partial charge in [-0.05, 0) is 59.1 Å². The number of carbonyl (C=O) groups excluding carboxylic acids is 1. The molecule has 3 aliphatic heterocycles. The number of nitrogens with zero attached hydrogens (tertiary/aromatic N) is 4. The lowest BCUT2D eigenvalue weighted by atomic mass is 9.86. The van der Waals surface area contributed by atoms with Crippen LogP contribution in [-0.2, 0) is 6.42 Å². The first kappa shape index (κ1) is 21.2. The Bertz CT molecular complexity index is 1410. The molecule has 7 nitrogen and oxygen atoms in total. The van der Waals surface area contributed by atoms with Gasteiger partial charge in [0.2, 0.25) is 0 Å². The standard InChI is InChI=1S/C27H30N4O3/c1-15(2)29-13-17(12-28-29)19-10-20-22-6-8-27(4,5)31(22)30-14-21(16(3)32)24(33)11-23(30)25(20)18-7-9-34-26(18)19/h10-15,22H,6-9H2,1-5H3. The minimum Gasteiger partial charge on any atom is -0.492 e. The first-order valence-electron chi connectivity index (χ1n) is 12.1. The van der Waals surface area contributed by atoms with Crippen molar-refractivity contribution in [2.75, 3.05) is 11.6 Å². The SMILES string of the molecule is CC(=O)c1cn2c(cc1=O)-c1c(cc(-c3cnn(C(C)C)c3)c3c1CCO3)C1CCC(C)(C)N12. The number of fused-ring (bicyclic) bond motifs is 8. The lowest BCUT2D eigenvalue weighted by Crippen LogP contribution is -2.50. The summed E-state index contributed by atoms with van der Waals surface area (Å²) in [6, 6.07) is 4.34. The fourth-order valence-electron chi connectivity index (χ4n) is 5.97. The molecule has 0 amide bonds. The highest BCUT2D eigenvalue weighted by Gasteiger charge is 2.46. The maximum absolute atomic E-state index is 13.0. The van der Waals surface area contributed by atoms with Crippen molar-refractivity contribution in [3.8, 4) is 28.1 Å². The average Bonchev–Trinajstić information content (AvgIpc) is 3.51.